The lowest BCUT2D eigenvalue weighted by molar-refractivity contribution is -0.146. The van der Waals surface area contributed by atoms with Crippen LogP contribution in [0.1, 0.15) is 72.1 Å². The molecule has 0 aromatic heterocycles. The average Bonchev–Trinajstić information content (AvgIpc) is 3.08. The van der Waals surface area contributed by atoms with Crippen molar-refractivity contribution in [3.63, 3.8) is 0 Å². The zero-order valence-electron chi connectivity index (χ0n) is 19.6. The van der Waals surface area contributed by atoms with E-state index in [2.05, 4.69) is 0 Å². The molecule has 0 N–H and O–H groups in total. The van der Waals surface area contributed by atoms with Gasteiger partial charge in [0, 0.05) is 51.1 Å². The second-order valence-electron chi connectivity index (χ2n) is 12.4. The first kappa shape index (κ1) is 21.3. The number of hydrogen-bond acceptors (Lipinski definition) is 3. The van der Waals surface area contributed by atoms with E-state index in [1.165, 1.54) is 38.5 Å². The molecule has 4 bridgehead atoms. The Labute approximate surface area is 186 Å². The lowest BCUT2D eigenvalue weighted by Gasteiger charge is -2.57. The quantitative estimate of drug-likeness (QED) is 0.693. The van der Waals surface area contributed by atoms with Gasteiger partial charge in [0.1, 0.15) is 0 Å². The van der Waals surface area contributed by atoms with E-state index in [0.29, 0.717) is 45.1 Å². The van der Waals surface area contributed by atoms with E-state index in [1.807, 2.05) is 35.5 Å². The van der Waals surface area contributed by atoms with Crippen LogP contribution < -0.4 is 0 Å². The summed E-state index contributed by atoms with van der Waals surface area (Å²) in [6.07, 6.45) is 9.07. The van der Waals surface area contributed by atoms with Crippen LogP contribution >= 0.6 is 0 Å². The summed E-state index contributed by atoms with van der Waals surface area (Å²) in [4.78, 5) is 44.3. The van der Waals surface area contributed by atoms with Gasteiger partial charge in [0.2, 0.25) is 17.7 Å². The second kappa shape index (κ2) is 7.48. The number of likely N-dealkylation sites (tertiary alicyclic amines) is 1. The summed E-state index contributed by atoms with van der Waals surface area (Å²) in [6.45, 7) is 9.06. The molecule has 31 heavy (non-hydrogen) atoms. The standard InChI is InChI=1S/C25H39N3O3/c1-24(2,3)28-16-20(11-21(28)29)23(31)27-6-4-26(5-7-27)22(30)15-25-12-17-8-18(13-25)10-19(9-17)14-25/h17-20H,4-16H2,1-3H3. The third-order valence-electron chi connectivity index (χ3n) is 8.92. The highest BCUT2D eigenvalue weighted by Gasteiger charge is 2.52. The third-order valence-corrected chi connectivity index (χ3v) is 8.92. The van der Waals surface area contributed by atoms with Crippen molar-refractivity contribution < 1.29 is 14.4 Å². The topological polar surface area (TPSA) is 60.9 Å². The molecule has 6 aliphatic rings. The minimum absolute atomic E-state index is 0.0789. The van der Waals surface area contributed by atoms with Crippen LogP contribution in [0.3, 0.4) is 0 Å². The fourth-order valence-electron chi connectivity index (χ4n) is 7.89. The van der Waals surface area contributed by atoms with Gasteiger partial charge in [-0.05, 0) is 82.5 Å². The zero-order valence-corrected chi connectivity index (χ0v) is 19.6. The molecule has 2 heterocycles. The first-order valence-electron chi connectivity index (χ1n) is 12.5. The zero-order chi connectivity index (χ0) is 22.0. The van der Waals surface area contributed by atoms with Crippen LogP contribution in [0, 0.1) is 29.1 Å². The van der Waals surface area contributed by atoms with Gasteiger partial charge in [0.15, 0.2) is 0 Å². The van der Waals surface area contributed by atoms with Crippen LogP contribution in [0.25, 0.3) is 0 Å². The summed E-state index contributed by atoms with van der Waals surface area (Å²) in [5, 5.41) is 0. The van der Waals surface area contributed by atoms with Crippen molar-refractivity contribution in [1.29, 1.82) is 0 Å². The van der Waals surface area contributed by atoms with Crippen molar-refractivity contribution >= 4 is 17.7 Å². The molecular weight excluding hydrogens is 390 g/mol. The fraction of sp³-hybridized carbons (Fsp3) is 0.880. The number of rotatable bonds is 3. The molecule has 6 rings (SSSR count). The number of hydrogen-bond donors (Lipinski definition) is 0. The summed E-state index contributed by atoms with van der Waals surface area (Å²) in [5.74, 6) is 2.86. The van der Waals surface area contributed by atoms with Crippen LogP contribution in [-0.2, 0) is 14.4 Å². The van der Waals surface area contributed by atoms with Gasteiger partial charge < -0.3 is 14.7 Å². The molecule has 0 aromatic rings. The highest BCUT2D eigenvalue weighted by molar-refractivity contribution is 5.89. The normalized spacial score (nSPS) is 37.6. The molecule has 0 radical (unpaired) electrons. The van der Waals surface area contributed by atoms with Gasteiger partial charge in [0.05, 0.1) is 5.92 Å². The lowest BCUT2D eigenvalue weighted by Crippen LogP contribution is -2.54. The lowest BCUT2D eigenvalue weighted by atomic mass is 9.49. The maximum atomic E-state index is 13.2. The van der Waals surface area contributed by atoms with Crippen molar-refractivity contribution in [2.24, 2.45) is 29.1 Å². The summed E-state index contributed by atoms with van der Waals surface area (Å²) in [5.41, 5.74) is 0.0356. The molecule has 3 amide bonds. The van der Waals surface area contributed by atoms with Gasteiger partial charge in [0.25, 0.3) is 0 Å². The fourth-order valence-corrected chi connectivity index (χ4v) is 7.89. The van der Waals surface area contributed by atoms with Crippen molar-refractivity contribution in [1.82, 2.24) is 14.7 Å². The van der Waals surface area contributed by atoms with Gasteiger partial charge >= 0.3 is 0 Å². The van der Waals surface area contributed by atoms with Crippen LogP contribution in [0.5, 0.6) is 0 Å². The summed E-state index contributed by atoms with van der Waals surface area (Å²) in [7, 11) is 0. The molecule has 6 nitrogen and oxygen atoms in total. The van der Waals surface area contributed by atoms with Crippen LogP contribution in [-0.4, -0.2) is 70.7 Å². The first-order chi connectivity index (χ1) is 14.6. The summed E-state index contributed by atoms with van der Waals surface area (Å²) >= 11 is 0. The predicted octanol–water partition coefficient (Wildman–Crippen LogP) is 2.91. The molecule has 1 atom stereocenters. The molecule has 4 saturated carbocycles. The first-order valence-corrected chi connectivity index (χ1v) is 12.5. The Morgan fingerprint density at radius 1 is 0.903 bits per heavy atom. The second-order valence-corrected chi connectivity index (χ2v) is 12.4. The van der Waals surface area contributed by atoms with Crippen molar-refractivity contribution in [3.8, 4) is 0 Å². The molecule has 1 unspecified atom stereocenters. The number of nitrogens with zero attached hydrogens (tertiary/aromatic N) is 3. The summed E-state index contributed by atoms with van der Waals surface area (Å²) < 4.78 is 0. The Hall–Kier alpha value is -1.59. The Morgan fingerprint density at radius 3 is 1.90 bits per heavy atom. The Balaban J connectivity index is 1.14. The van der Waals surface area contributed by atoms with Gasteiger partial charge in [-0.1, -0.05) is 0 Å². The van der Waals surface area contributed by atoms with Crippen molar-refractivity contribution in [3.05, 3.63) is 0 Å². The molecule has 4 aliphatic carbocycles. The molecule has 172 valence electrons. The minimum atomic E-state index is -0.242. The van der Waals surface area contributed by atoms with Crippen LogP contribution in [0.15, 0.2) is 0 Å². The van der Waals surface area contributed by atoms with E-state index in [1.54, 1.807) is 0 Å². The van der Waals surface area contributed by atoms with Gasteiger partial charge in [-0.3, -0.25) is 14.4 Å². The highest BCUT2D eigenvalue weighted by Crippen LogP contribution is 2.61. The summed E-state index contributed by atoms with van der Waals surface area (Å²) in [6, 6.07) is 0. The molecule has 2 aliphatic heterocycles. The molecule has 0 spiro atoms. The number of carbonyl (C=O) groups excluding carboxylic acids is 3. The molecule has 0 aromatic carbocycles. The third kappa shape index (κ3) is 4.00. The Morgan fingerprint density at radius 2 is 1.42 bits per heavy atom. The smallest absolute Gasteiger partial charge is 0.228 e. The van der Waals surface area contributed by atoms with Crippen molar-refractivity contribution in [2.45, 2.75) is 77.7 Å². The monoisotopic (exact) mass is 429 g/mol. The van der Waals surface area contributed by atoms with E-state index in [9.17, 15) is 14.4 Å². The van der Waals surface area contributed by atoms with E-state index < -0.39 is 0 Å². The number of amides is 3. The van der Waals surface area contributed by atoms with E-state index in [4.69, 9.17) is 0 Å². The Kier molecular flexibility index (Phi) is 5.13. The van der Waals surface area contributed by atoms with Gasteiger partial charge in [-0.15, -0.1) is 0 Å². The van der Waals surface area contributed by atoms with E-state index in [-0.39, 0.29) is 28.7 Å². The largest absolute Gasteiger partial charge is 0.339 e. The predicted molar refractivity (Wildman–Crippen MR) is 118 cm³/mol. The van der Waals surface area contributed by atoms with Crippen molar-refractivity contribution in [2.75, 3.05) is 32.7 Å². The number of carbonyl (C=O) groups is 3. The van der Waals surface area contributed by atoms with E-state index in [0.717, 1.165) is 24.2 Å². The van der Waals surface area contributed by atoms with Crippen LogP contribution in [0.4, 0.5) is 0 Å². The maximum Gasteiger partial charge on any atom is 0.228 e. The molecule has 6 fully saturated rings. The Bertz CT molecular complexity index is 727. The average molecular weight is 430 g/mol. The maximum absolute atomic E-state index is 13.2. The highest BCUT2D eigenvalue weighted by atomic mass is 16.2. The SMILES string of the molecule is CC(C)(C)N1CC(C(=O)N2CCN(C(=O)CC34CC5CC(CC(C5)C3)C4)CC2)CC1=O. The van der Waals surface area contributed by atoms with Crippen LogP contribution in [0.2, 0.25) is 0 Å². The molecular formula is C25H39N3O3. The van der Waals surface area contributed by atoms with E-state index >= 15 is 0 Å². The molecule has 2 saturated heterocycles. The minimum Gasteiger partial charge on any atom is -0.339 e. The number of piperazine rings is 1. The van der Waals surface area contributed by atoms with Gasteiger partial charge in [-0.25, -0.2) is 0 Å². The van der Waals surface area contributed by atoms with Gasteiger partial charge in [-0.2, -0.15) is 0 Å². The molecule has 6 heteroatoms.